The predicted octanol–water partition coefficient (Wildman–Crippen LogP) is 2.12. The molecule has 1 aliphatic rings. The fraction of sp³-hybridized carbons (Fsp3) is 0.706. The van der Waals surface area contributed by atoms with Crippen LogP contribution >= 0.6 is 0 Å². The van der Waals surface area contributed by atoms with Crippen molar-refractivity contribution in [1.82, 2.24) is 0 Å². The topological polar surface area (TPSA) is 78.9 Å². The van der Waals surface area contributed by atoms with Crippen LogP contribution in [0.25, 0.3) is 0 Å². The smallest absolute Gasteiger partial charge is 0.313 e. The molecule has 1 aliphatic carbocycles. The number of carbonyl (C=O) groups is 3. The summed E-state index contributed by atoms with van der Waals surface area (Å²) in [6.07, 6.45) is 2.09. The average molecular weight is 326 g/mol. The summed E-state index contributed by atoms with van der Waals surface area (Å²) in [6.45, 7) is 7.55. The molecule has 0 spiro atoms. The number of hydrogen-bond acceptors (Lipinski definition) is 6. The second-order valence-corrected chi connectivity index (χ2v) is 5.70. The molecule has 0 saturated heterocycles. The van der Waals surface area contributed by atoms with Crippen LogP contribution in [0.1, 0.15) is 34.1 Å². The van der Waals surface area contributed by atoms with Gasteiger partial charge in [-0.05, 0) is 33.1 Å². The lowest BCUT2D eigenvalue weighted by Gasteiger charge is -2.34. The van der Waals surface area contributed by atoms with E-state index in [1.165, 1.54) is 7.11 Å². The summed E-state index contributed by atoms with van der Waals surface area (Å²) < 4.78 is 15.0. The first-order chi connectivity index (χ1) is 10.9. The molecule has 23 heavy (non-hydrogen) atoms. The summed E-state index contributed by atoms with van der Waals surface area (Å²) in [5.74, 6) is -3.07. The zero-order valence-corrected chi connectivity index (χ0v) is 14.5. The SMILES string of the molecule is CCOC(=O)[C@@H]1C=C(C)[C@H]([C@H](C)C(=O)OC)C[C@H]1C(=O)OCC. The molecule has 6 heteroatoms. The third-order valence-corrected chi connectivity index (χ3v) is 4.29. The van der Waals surface area contributed by atoms with Crippen molar-refractivity contribution in [3.63, 3.8) is 0 Å². The van der Waals surface area contributed by atoms with E-state index < -0.39 is 29.7 Å². The van der Waals surface area contributed by atoms with Gasteiger partial charge in [0.1, 0.15) is 0 Å². The highest BCUT2D eigenvalue weighted by molar-refractivity contribution is 5.84. The normalized spacial score (nSPS) is 25.1. The van der Waals surface area contributed by atoms with Crippen molar-refractivity contribution in [2.75, 3.05) is 20.3 Å². The number of esters is 3. The fourth-order valence-electron chi connectivity index (χ4n) is 3.04. The van der Waals surface area contributed by atoms with Crippen molar-refractivity contribution < 1.29 is 28.6 Å². The van der Waals surface area contributed by atoms with E-state index in [1.54, 1.807) is 26.8 Å². The molecule has 130 valence electrons. The van der Waals surface area contributed by atoms with Gasteiger partial charge < -0.3 is 14.2 Å². The van der Waals surface area contributed by atoms with Crippen LogP contribution in [0.3, 0.4) is 0 Å². The van der Waals surface area contributed by atoms with E-state index >= 15 is 0 Å². The summed E-state index contributed by atoms with van der Waals surface area (Å²) in [7, 11) is 1.34. The monoisotopic (exact) mass is 326 g/mol. The van der Waals surface area contributed by atoms with E-state index in [4.69, 9.17) is 14.2 Å². The third-order valence-electron chi connectivity index (χ3n) is 4.29. The molecular formula is C17H26O6. The van der Waals surface area contributed by atoms with Gasteiger partial charge >= 0.3 is 17.9 Å². The summed E-state index contributed by atoms with van der Waals surface area (Å²) in [6, 6.07) is 0. The highest BCUT2D eigenvalue weighted by atomic mass is 16.5. The number of ether oxygens (including phenoxy) is 3. The molecule has 1 rings (SSSR count). The van der Waals surface area contributed by atoms with E-state index in [-0.39, 0.29) is 25.1 Å². The predicted molar refractivity (Wildman–Crippen MR) is 83.3 cm³/mol. The number of allylic oxidation sites excluding steroid dienone is 1. The Morgan fingerprint density at radius 1 is 1.17 bits per heavy atom. The molecule has 0 aromatic heterocycles. The molecule has 0 fully saturated rings. The first-order valence-electron chi connectivity index (χ1n) is 7.96. The maximum absolute atomic E-state index is 12.3. The molecule has 0 saturated carbocycles. The summed E-state index contributed by atoms with van der Waals surface area (Å²) in [5.41, 5.74) is 0.890. The molecule has 0 bridgehead atoms. The second-order valence-electron chi connectivity index (χ2n) is 5.70. The van der Waals surface area contributed by atoms with Gasteiger partial charge in [-0.1, -0.05) is 18.6 Å². The van der Waals surface area contributed by atoms with Gasteiger partial charge in [0.15, 0.2) is 0 Å². The van der Waals surface area contributed by atoms with Crippen molar-refractivity contribution in [1.29, 1.82) is 0 Å². The Morgan fingerprint density at radius 2 is 1.74 bits per heavy atom. The lowest BCUT2D eigenvalue weighted by Crippen LogP contribution is -2.39. The number of carbonyl (C=O) groups excluding carboxylic acids is 3. The van der Waals surface area contributed by atoms with Crippen LogP contribution in [0.4, 0.5) is 0 Å². The van der Waals surface area contributed by atoms with Crippen molar-refractivity contribution in [3.8, 4) is 0 Å². The molecule has 0 aliphatic heterocycles. The number of methoxy groups -OCH3 is 1. The molecule has 0 aromatic rings. The quantitative estimate of drug-likeness (QED) is 0.423. The van der Waals surface area contributed by atoms with Crippen LogP contribution < -0.4 is 0 Å². The van der Waals surface area contributed by atoms with E-state index in [0.29, 0.717) is 6.42 Å². The minimum atomic E-state index is -0.671. The minimum Gasteiger partial charge on any atom is -0.469 e. The number of rotatable bonds is 6. The molecule has 0 aromatic carbocycles. The molecular weight excluding hydrogens is 300 g/mol. The zero-order chi connectivity index (χ0) is 17.6. The standard InChI is InChI=1S/C17H26O6/c1-6-22-16(19)13-8-10(3)12(11(4)15(18)21-5)9-14(13)17(20)23-7-2/h8,11-14H,6-7,9H2,1-5H3/t11-,12+,13+,14+/m0/s1. The van der Waals surface area contributed by atoms with Crippen molar-refractivity contribution >= 4 is 17.9 Å². The first-order valence-corrected chi connectivity index (χ1v) is 7.96. The Morgan fingerprint density at radius 3 is 2.26 bits per heavy atom. The summed E-state index contributed by atoms with van der Waals surface area (Å²) in [5, 5.41) is 0. The van der Waals surface area contributed by atoms with E-state index in [9.17, 15) is 14.4 Å². The van der Waals surface area contributed by atoms with Crippen LogP contribution in [0.15, 0.2) is 11.6 Å². The highest BCUT2D eigenvalue weighted by Crippen LogP contribution is 2.39. The summed E-state index contributed by atoms with van der Waals surface area (Å²) >= 11 is 0. The third kappa shape index (κ3) is 4.56. The van der Waals surface area contributed by atoms with Crippen LogP contribution in [0, 0.1) is 23.7 Å². The second kappa shape index (κ2) is 8.70. The molecule has 0 N–H and O–H groups in total. The van der Waals surface area contributed by atoms with Crippen molar-refractivity contribution in [3.05, 3.63) is 11.6 Å². The molecule has 0 unspecified atom stereocenters. The van der Waals surface area contributed by atoms with Crippen molar-refractivity contribution in [2.24, 2.45) is 23.7 Å². The average Bonchev–Trinajstić information content (AvgIpc) is 2.53. The molecule has 0 radical (unpaired) electrons. The van der Waals surface area contributed by atoms with Crippen molar-refractivity contribution in [2.45, 2.75) is 34.1 Å². The number of hydrogen-bond donors (Lipinski definition) is 0. The maximum Gasteiger partial charge on any atom is 0.313 e. The Hall–Kier alpha value is -1.85. The zero-order valence-electron chi connectivity index (χ0n) is 14.5. The lowest BCUT2D eigenvalue weighted by atomic mass is 9.71. The van der Waals surface area contributed by atoms with Crippen LogP contribution in [-0.4, -0.2) is 38.2 Å². The van der Waals surface area contributed by atoms with Gasteiger partial charge in [0.05, 0.1) is 38.1 Å². The Balaban J connectivity index is 3.10. The largest absolute Gasteiger partial charge is 0.469 e. The van der Waals surface area contributed by atoms with Gasteiger partial charge in [-0.15, -0.1) is 0 Å². The van der Waals surface area contributed by atoms with Crippen LogP contribution in [-0.2, 0) is 28.6 Å². The Labute approximate surface area is 137 Å². The molecule has 4 atom stereocenters. The lowest BCUT2D eigenvalue weighted by molar-refractivity contribution is -0.160. The van der Waals surface area contributed by atoms with E-state index in [1.807, 2.05) is 6.92 Å². The summed E-state index contributed by atoms with van der Waals surface area (Å²) in [4.78, 5) is 36.2. The molecule has 0 heterocycles. The van der Waals surface area contributed by atoms with E-state index in [2.05, 4.69) is 0 Å². The van der Waals surface area contributed by atoms with Gasteiger partial charge in [0.2, 0.25) is 0 Å². The van der Waals surface area contributed by atoms with E-state index in [0.717, 1.165) is 5.57 Å². The van der Waals surface area contributed by atoms with Gasteiger partial charge in [0, 0.05) is 0 Å². The Kier molecular flexibility index (Phi) is 7.26. The first kappa shape index (κ1) is 19.2. The highest BCUT2D eigenvalue weighted by Gasteiger charge is 2.42. The van der Waals surface area contributed by atoms with Gasteiger partial charge in [0.25, 0.3) is 0 Å². The Bertz CT molecular complexity index is 481. The molecule has 6 nitrogen and oxygen atoms in total. The maximum atomic E-state index is 12.3. The molecule has 0 amide bonds. The van der Waals surface area contributed by atoms with Gasteiger partial charge in [-0.3, -0.25) is 14.4 Å². The van der Waals surface area contributed by atoms with Crippen LogP contribution in [0.5, 0.6) is 0 Å². The fourth-order valence-corrected chi connectivity index (χ4v) is 3.04. The van der Waals surface area contributed by atoms with Crippen LogP contribution in [0.2, 0.25) is 0 Å². The minimum absolute atomic E-state index is 0.164. The van der Waals surface area contributed by atoms with Gasteiger partial charge in [-0.25, -0.2) is 0 Å². The van der Waals surface area contributed by atoms with Gasteiger partial charge in [-0.2, -0.15) is 0 Å².